The standard InChI is InChI=1S/C52H90N8O17/c1-20-21-73-48(70)54-27-41(62)58(17)37(23-31(4)5)44(65)59(18)38(24-32(6)7)46(68)74-28-34(55-49(71)76-51(10,11)12)42(63)53-26-40(61)57(16)36(22-30(2)3)43(64)60(19)39(25-33(8)9)47(69)75-29-35(45(66)67)56-50(72)77-52(13,14)15/h20,30-39H,1,21-29H2,2-19H3,(H,53,63)(H,54,70)(H,55,71)(H,56,72)(H,66,67)/t34-,35-,36+,37+,38+,39+/m1/s1. The molecule has 25 nitrogen and oxygen atoms in total. The number of carbonyl (C=O) groups excluding carboxylic acids is 10. The Morgan fingerprint density at radius 1 is 0.494 bits per heavy atom. The SMILES string of the molecule is C=CCOC(=O)NCC(=O)N(C)[C@@H](CC(C)C)C(=O)N(C)[C@@H](CC(C)C)C(=O)OC[C@@H](NC(=O)OC(C)(C)C)C(=O)NCC(=O)N(C)[C@@H](CC(C)C)C(=O)N(C)[C@@H](CC(C)C)C(=O)OC[C@@H](NC(=O)OC(C)(C)C)C(=O)O. The topological polar surface area (TPSA) is 315 Å². The largest absolute Gasteiger partial charge is 0.480 e. The third kappa shape index (κ3) is 27.3. The Hall–Kier alpha value is -6.69. The summed E-state index contributed by atoms with van der Waals surface area (Å²) < 4.78 is 26.4. The normalized spacial score (nSPS) is 13.8. The maximum absolute atomic E-state index is 14.3. The lowest BCUT2D eigenvalue weighted by Crippen LogP contribution is -2.57. The summed E-state index contributed by atoms with van der Waals surface area (Å²) in [7, 11) is 5.42. The Kier molecular flexibility index (Phi) is 29.9. The molecule has 5 N–H and O–H groups in total. The average molecular weight is 1100 g/mol. The van der Waals surface area contributed by atoms with Crippen molar-refractivity contribution in [1.29, 1.82) is 0 Å². The molecule has 0 unspecified atom stereocenters. The van der Waals surface area contributed by atoms with Crippen LogP contribution in [0.4, 0.5) is 14.4 Å². The van der Waals surface area contributed by atoms with Gasteiger partial charge in [-0.05, 0) is 90.9 Å². The number of esters is 2. The molecule has 440 valence electrons. The number of carboxylic acids is 1. The van der Waals surface area contributed by atoms with Crippen molar-refractivity contribution in [2.45, 2.75) is 170 Å². The van der Waals surface area contributed by atoms with Gasteiger partial charge in [0.05, 0.1) is 6.54 Å². The fourth-order valence-corrected chi connectivity index (χ4v) is 7.23. The number of carbonyl (C=O) groups is 11. The Bertz CT molecular complexity index is 2030. The molecule has 25 heteroatoms. The van der Waals surface area contributed by atoms with E-state index in [9.17, 15) is 57.8 Å². The van der Waals surface area contributed by atoms with Gasteiger partial charge in [-0.3, -0.25) is 24.0 Å². The molecule has 8 amide bonds. The number of hydrogen-bond acceptors (Lipinski definition) is 16. The first kappa shape index (κ1) is 70.3. The van der Waals surface area contributed by atoms with Gasteiger partial charge in [0.15, 0.2) is 6.04 Å². The van der Waals surface area contributed by atoms with Crippen LogP contribution in [-0.2, 0) is 62.0 Å². The maximum atomic E-state index is 14.3. The number of rotatable bonds is 30. The van der Waals surface area contributed by atoms with E-state index >= 15 is 0 Å². The Morgan fingerprint density at radius 2 is 0.831 bits per heavy atom. The summed E-state index contributed by atoms with van der Waals surface area (Å²) in [5, 5.41) is 19.0. The molecule has 0 aliphatic rings. The minimum absolute atomic E-state index is 0.0640. The second-order valence-electron chi connectivity index (χ2n) is 22.4. The highest BCUT2D eigenvalue weighted by molar-refractivity contribution is 5.94. The van der Waals surface area contributed by atoms with Crippen LogP contribution < -0.4 is 21.3 Å². The number of likely N-dealkylation sites (N-methyl/N-ethyl adjacent to an activating group) is 4. The van der Waals surface area contributed by atoms with Crippen LogP contribution in [0.3, 0.4) is 0 Å². The van der Waals surface area contributed by atoms with Gasteiger partial charge in [0, 0.05) is 28.2 Å². The average Bonchev–Trinajstić information content (AvgIpc) is 3.30. The van der Waals surface area contributed by atoms with E-state index in [4.69, 9.17) is 23.7 Å². The zero-order chi connectivity index (χ0) is 59.9. The molecule has 0 saturated heterocycles. The smallest absolute Gasteiger partial charge is 0.408 e. The minimum atomic E-state index is -1.69. The van der Waals surface area contributed by atoms with Crippen LogP contribution in [-0.4, -0.2) is 199 Å². The molecule has 0 spiro atoms. The zero-order valence-electron chi connectivity index (χ0n) is 48.7. The van der Waals surface area contributed by atoms with E-state index in [1.165, 1.54) is 39.2 Å². The van der Waals surface area contributed by atoms with Gasteiger partial charge in [-0.2, -0.15) is 0 Å². The molecule has 0 saturated carbocycles. The van der Waals surface area contributed by atoms with E-state index < -0.39 is 139 Å². The van der Waals surface area contributed by atoms with Gasteiger partial charge in [0.1, 0.15) is 67.8 Å². The van der Waals surface area contributed by atoms with Crippen LogP contribution in [0.2, 0.25) is 0 Å². The quantitative estimate of drug-likeness (QED) is 0.0391. The molecule has 0 heterocycles. The maximum Gasteiger partial charge on any atom is 0.408 e. The molecule has 0 rings (SSSR count). The number of hydrogen-bond donors (Lipinski definition) is 5. The van der Waals surface area contributed by atoms with E-state index in [1.54, 1.807) is 83.1 Å². The first-order valence-electron chi connectivity index (χ1n) is 25.7. The molecule has 0 aromatic carbocycles. The van der Waals surface area contributed by atoms with Crippen molar-refractivity contribution in [3.63, 3.8) is 0 Å². The predicted octanol–water partition coefficient (Wildman–Crippen LogP) is 3.46. The second kappa shape index (κ2) is 32.8. The number of carboxylic acid groups (broad SMARTS) is 1. The van der Waals surface area contributed by atoms with Crippen molar-refractivity contribution >= 4 is 65.7 Å². The summed E-state index contributed by atoms with van der Waals surface area (Å²) in [4.78, 5) is 151. The number of aliphatic carboxylic acids is 1. The van der Waals surface area contributed by atoms with E-state index in [0.717, 1.165) is 14.7 Å². The zero-order valence-corrected chi connectivity index (χ0v) is 48.7. The van der Waals surface area contributed by atoms with Gasteiger partial charge in [-0.25, -0.2) is 28.8 Å². The third-order valence-electron chi connectivity index (χ3n) is 11.2. The van der Waals surface area contributed by atoms with Crippen LogP contribution in [0.1, 0.15) is 123 Å². The highest BCUT2D eigenvalue weighted by Crippen LogP contribution is 2.21. The van der Waals surface area contributed by atoms with Gasteiger partial charge in [0.2, 0.25) is 29.5 Å². The molecule has 0 fully saturated rings. The fraction of sp³-hybridized carbons (Fsp3) is 0.750. The van der Waals surface area contributed by atoms with E-state index in [-0.39, 0.29) is 56.0 Å². The summed E-state index contributed by atoms with van der Waals surface area (Å²) in [6, 6.07) is -8.17. The van der Waals surface area contributed by atoms with Crippen LogP contribution in [0.5, 0.6) is 0 Å². The van der Waals surface area contributed by atoms with Gasteiger partial charge in [-0.1, -0.05) is 68.0 Å². The highest BCUT2D eigenvalue weighted by Gasteiger charge is 2.40. The summed E-state index contributed by atoms with van der Waals surface area (Å²) >= 11 is 0. The van der Waals surface area contributed by atoms with E-state index in [1.807, 2.05) is 13.8 Å². The van der Waals surface area contributed by atoms with Crippen molar-refractivity contribution < 1.29 is 81.5 Å². The van der Waals surface area contributed by atoms with Gasteiger partial charge >= 0.3 is 36.2 Å². The molecule has 0 aromatic heterocycles. The van der Waals surface area contributed by atoms with Crippen LogP contribution in [0.25, 0.3) is 0 Å². The van der Waals surface area contributed by atoms with Gasteiger partial charge in [-0.15, -0.1) is 0 Å². The summed E-state index contributed by atoms with van der Waals surface area (Å²) in [5.74, 6) is -7.83. The van der Waals surface area contributed by atoms with Crippen molar-refractivity contribution in [2.24, 2.45) is 23.7 Å². The lowest BCUT2D eigenvalue weighted by atomic mass is 9.98. The molecule has 0 radical (unpaired) electrons. The number of nitrogens with one attached hydrogen (secondary N) is 4. The Morgan fingerprint density at radius 3 is 1.17 bits per heavy atom. The first-order valence-corrected chi connectivity index (χ1v) is 25.7. The fourth-order valence-electron chi connectivity index (χ4n) is 7.23. The Labute approximate surface area is 454 Å². The van der Waals surface area contributed by atoms with Crippen LogP contribution >= 0.6 is 0 Å². The highest BCUT2D eigenvalue weighted by atomic mass is 16.6. The molecule has 6 atom stereocenters. The van der Waals surface area contributed by atoms with E-state index in [2.05, 4.69) is 27.8 Å². The van der Waals surface area contributed by atoms with Crippen molar-refractivity contribution in [1.82, 2.24) is 40.9 Å². The number of amides is 8. The molecule has 0 aliphatic heterocycles. The van der Waals surface area contributed by atoms with Gasteiger partial charge < -0.3 is 69.7 Å². The molecular weight excluding hydrogens is 1010 g/mol. The first-order chi connectivity index (χ1) is 35.3. The van der Waals surface area contributed by atoms with Crippen LogP contribution in [0, 0.1) is 23.7 Å². The number of ether oxygens (including phenoxy) is 5. The number of nitrogens with zero attached hydrogens (tertiary/aromatic N) is 4. The lowest BCUT2D eigenvalue weighted by molar-refractivity contribution is -0.159. The van der Waals surface area contributed by atoms with Gasteiger partial charge in [0.25, 0.3) is 0 Å². The van der Waals surface area contributed by atoms with Crippen molar-refractivity contribution in [3.8, 4) is 0 Å². The van der Waals surface area contributed by atoms with Crippen molar-refractivity contribution in [2.75, 3.05) is 61.1 Å². The van der Waals surface area contributed by atoms with Crippen molar-refractivity contribution in [3.05, 3.63) is 12.7 Å². The summed E-state index contributed by atoms with van der Waals surface area (Å²) in [6.07, 6.45) is -1.24. The summed E-state index contributed by atoms with van der Waals surface area (Å²) in [6.45, 7) is 24.5. The molecular formula is C52H90N8O17. The monoisotopic (exact) mass is 1100 g/mol. The third-order valence-corrected chi connectivity index (χ3v) is 11.2. The minimum Gasteiger partial charge on any atom is -0.480 e. The summed E-state index contributed by atoms with van der Waals surface area (Å²) in [5.41, 5.74) is -1.98. The molecule has 0 aliphatic carbocycles. The molecule has 0 aromatic rings. The van der Waals surface area contributed by atoms with E-state index in [0.29, 0.717) is 0 Å². The second-order valence-corrected chi connectivity index (χ2v) is 22.4. The molecule has 0 bridgehead atoms. The predicted molar refractivity (Wildman–Crippen MR) is 282 cm³/mol. The van der Waals surface area contributed by atoms with Crippen LogP contribution in [0.15, 0.2) is 12.7 Å². The Balaban J connectivity index is 6.62. The molecule has 77 heavy (non-hydrogen) atoms. The number of alkyl carbamates (subject to hydrolysis) is 3. The lowest BCUT2D eigenvalue weighted by Gasteiger charge is -2.35.